The standard InChI is InChI=1S/C14H21N3O6/c18-11(17-6-2-4-10(17)14(22)23)7-15-13(21)9-3-1-5-16(9)8-12(19)20/h9-10H,1-8H2,(H,15,21)(H,19,20)(H,22,23)/t9?,10-/m0/s1. The van der Waals surface area contributed by atoms with Crippen molar-refractivity contribution in [3.8, 4) is 0 Å². The summed E-state index contributed by atoms with van der Waals surface area (Å²) in [6.07, 6.45) is 2.33. The van der Waals surface area contributed by atoms with Gasteiger partial charge in [-0.15, -0.1) is 0 Å². The largest absolute Gasteiger partial charge is 0.480 e. The zero-order chi connectivity index (χ0) is 17.0. The van der Waals surface area contributed by atoms with E-state index in [2.05, 4.69) is 5.32 Å². The van der Waals surface area contributed by atoms with Crippen LogP contribution in [0.2, 0.25) is 0 Å². The fourth-order valence-corrected chi connectivity index (χ4v) is 3.19. The first-order valence-corrected chi connectivity index (χ1v) is 7.66. The molecule has 23 heavy (non-hydrogen) atoms. The first-order chi connectivity index (χ1) is 10.9. The Balaban J connectivity index is 1.85. The summed E-state index contributed by atoms with van der Waals surface area (Å²) < 4.78 is 0. The second kappa shape index (κ2) is 7.40. The molecule has 2 heterocycles. The first-order valence-electron chi connectivity index (χ1n) is 7.66. The molecule has 0 spiro atoms. The number of nitrogens with one attached hydrogen (secondary N) is 1. The summed E-state index contributed by atoms with van der Waals surface area (Å²) in [5, 5.41) is 20.4. The van der Waals surface area contributed by atoms with Gasteiger partial charge in [0.1, 0.15) is 6.04 Å². The fourth-order valence-electron chi connectivity index (χ4n) is 3.19. The molecule has 2 rings (SSSR count). The van der Waals surface area contributed by atoms with E-state index in [0.717, 1.165) is 6.42 Å². The molecular weight excluding hydrogens is 306 g/mol. The van der Waals surface area contributed by atoms with Crippen molar-refractivity contribution in [3.05, 3.63) is 0 Å². The number of carboxylic acid groups (broad SMARTS) is 2. The highest BCUT2D eigenvalue weighted by atomic mass is 16.4. The van der Waals surface area contributed by atoms with Crippen molar-refractivity contribution in [2.75, 3.05) is 26.2 Å². The molecule has 9 heteroatoms. The third-order valence-corrected chi connectivity index (χ3v) is 4.28. The van der Waals surface area contributed by atoms with Crippen molar-refractivity contribution < 1.29 is 29.4 Å². The number of amides is 2. The summed E-state index contributed by atoms with van der Waals surface area (Å²) in [4.78, 5) is 48.9. The number of nitrogens with zero attached hydrogens (tertiary/aromatic N) is 2. The van der Waals surface area contributed by atoms with Gasteiger partial charge in [-0.25, -0.2) is 4.79 Å². The number of aliphatic carboxylic acids is 2. The molecule has 2 atom stereocenters. The van der Waals surface area contributed by atoms with E-state index < -0.39 is 29.9 Å². The zero-order valence-corrected chi connectivity index (χ0v) is 12.7. The van der Waals surface area contributed by atoms with Gasteiger partial charge in [0.2, 0.25) is 11.8 Å². The van der Waals surface area contributed by atoms with Crippen LogP contribution in [-0.2, 0) is 19.2 Å². The van der Waals surface area contributed by atoms with Crippen LogP contribution in [0, 0.1) is 0 Å². The molecule has 9 nitrogen and oxygen atoms in total. The van der Waals surface area contributed by atoms with E-state index in [1.165, 1.54) is 4.90 Å². The molecule has 1 unspecified atom stereocenters. The smallest absolute Gasteiger partial charge is 0.326 e. The topological polar surface area (TPSA) is 127 Å². The normalized spacial score (nSPS) is 24.6. The number of carboxylic acids is 2. The minimum Gasteiger partial charge on any atom is -0.480 e. The molecular formula is C14H21N3O6. The van der Waals surface area contributed by atoms with Gasteiger partial charge in [-0.3, -0.25) is 19.3 Å². The van der Waals surface area contributed by atoms with Crippen LogP contribution in [0.1, 0.15) is 25.7 Å². The van der Waals surface area contributed by atoms with Crippen LogP contribution in [0.3, 0.4) is 0 Å². The van der Waals surface area contributed by atoms with Crippen molar-refractivity contribution in [1.82, 2.24) is 15.1 Å². The second-order valence-corrected chi connectivity index (χ2v) is 5.82. The van der Waals surface area contributed by atoms with Crippen LogP contribution in [0.25, 0.3) is 0 Å². The van der Waals surface area contributed by atoms with Gasteiger partial charge in [-0.05, 0) is 32.2 Å². The van der Waals surface area contributed by atoms with Gasteiger partial charge in [0.15, 0.2) is 0 Å². The number of rotatable bonds is 6. The molecule has 0 aromatic carbocycles. The van der Waals surface area contributed by atoms with Crippen LogP contribution < -0.4 is 5.32 Å². The fraction of sp³-hybridized carbons (Fsp3) is 0.714. The van der Waals surface area contributed by atoms with Crippen molar-refractivity contribution in [1.29, 1.82) is 0 Å². The summed E-state index contributed by atoms with van der Waals surface area (Å²) in [7, 11) is 0. The molecule has 2 fully saturated rings. The number of hydrogen-bond acceptors (Lipinski definition) is 5. The molecule has 0 aliphatic carbocycles. The molecule has 0 radical (unpaired) electrons. The quantitative estimate of drug-likeness (QED) is 0.555. The number of likely N-dealkylation sites (tertiary alicyclic amines) is 2. The van der Waals surface area contributed by atoms with Crippen molar-refractivity contribution in [3.63, 3.8) is 0 Å². The van der Waals surface area contributed by atoms with Crippen LogP contribution in [0.15, 0.2) is 0 Å². The lowest BCUT2D eigenvalue weighted by Crippen LogP contribution is -2.49. The lowest BCUT2D eigenvalue weighted by Gasteiger charge is -2.24. The molecule has 0 bridgehead atoms. The summed E-state index contributed by atoms with van der Waals surface area (Å²) in [5.74, 6) is -2.85. The number of carbonyl (C=O) groups excluding carboxylic acids is 2. The molecule has 0 aromatic heterocycles. The van der Waals surface area contributed by atoms with Gasteiger partial charge < -0.3 is 20.4 Å². The van der Waals surface area contributed by atoms with Gasteiger partial charge in [0.25, 0.3) is 0 Å². The lowest BCUT2D eigenvalue weighted by atomic mass is 10.2. The van der Waals surface area contributed by atoms with E-state index in [0.29, 0.717) is 32.4 Å². The molecule has 3 N–H and O–H groups in total. The second-order valence-electron chi connectivity index (χ2n) is 5.82. The average molecular weight is 327 g/mol. The summed E-state index contributed by atoms with van der Waals surface area (Å²) in [5.41, 5.74) is 0. The van der Waals surface area contributed by atoms with E-state index in [1.807, 2.05) is 0 Å². The maximum absolute atomic E-state index is 12.1. The number of hydrogen-bond donors (Lipinski definition) is 3. The van der Waals surface area contributed by atoms with Gasteiger partial charge in [0, 0.05) is 6.54 Å². The Morgan fingerprint density at radius 3 is 2.30 bits per heavy atom. The Bertz CT molecular complexity index is 509. The molecule has 2 aliphatic heterocycles. The van der Waals surface area contributed by atoms with Crippen LogP contribution in [0.4, 0.5) is 0 Å². The summed E-state index contributed by atoms with van der Waals surface area (Å²) >= 11 is 0. The maximum Gasteiger partial charge on any atom is 0.326 e. The van der Waals surface area contributed by atoms with Gasteiger partial charge in [-0.1, -0.05) is 0 Å². The van der Waals surface area contributed by atoms with Crippen LogP contribution in [0.5, 0.6) is 0 Å². The predicted molar refractivity (Wildman–Crippen MR) is 77.6 cm³/mol. The van der Waals surface area contributed by atoms with Gasteiger partial charge in [0.05, 0.1) is 19.1 Å². The van der Waals surface area contributed by atoms with E-state index in [4.69, 9.17) is 10.2 Å². The van der Waals surface area contributed by atoms with E-state index >= 15 is 0 Å². The third kappa shape index (κ3) is 4.19. The van der Waals surface area contributed by atoms with E-state index in [9.17, 15) is 19.2 Å². The summed E-state index contributed by atoms with van der Waals surface area (Å²) in [6.45, 7) is 0.436. The Hall–Kier alpha value is -2.16. The predicted octanol–water partition coefficient (Wildman–Crippen LogP) is -1.27. The van der Waals surface area contributed by atoms with Crippen molar-refractivity contribution in [2.24, 2.45) is 0 Å². The molecule has 0 saturated carbocycles. The highest BCUT2D eigenvalue weighted by Gasteiger charge is 2.35. The van der Waals surface area contributed by atoms with Crippen LogP contribution in [-0.4, -0.2) is 82.0 Å². The molecule has 128 valence electrons. The third-order valence-electron chi connectivity index (χ3n) is 4.28. The molecule has 2 amide bonds. The van der Waals surface area contributed by atoms with Gasteiger partial charge in [-0.2, -0.15) is 0 Å². The summed E-state index contributed by atoms with van der Waals surface area (Å²) in [6, 6.07) is -1.37. The lowest BCUT2D eigenvalue weighted by molar-refractivity contribution is -0.148. The molecule has 2 saturated heterocycles. The minimum absolute atomic E-state index is 0.209. The Morgan fingerprint density at radius 2 is 1.65 bits per heavy atom. The highest BCUT2D eigenvalue weighted by Crippen LogP contribution is 2.18. The Kier molecular flexibility index (Phi) is 5.54. The minimum atomic E-state index is -1.04. The van der Waals surface area contributed by atoms with Crippen molar-refractivity contribution in [2.45, 2.75) is 37.8 Å². The maximum atomic E-state index is 12.1. The highest BCUT2D eigenvalue weighted by molar-refractivity contribution is 5.90. The Labute approximate surface area is 133 Å². The Morgan fingerprint density at radius 1 is 1.00 bits per heavy atom. The SMILES string of the molecule is O=C(O)CN1CCCC1C(=O)NCC(=O)N1CCC[C@H]1C(=O)O. The number of carbonyl (C=O) groups is 4. The molecule has 2 aliphatic rings. The van der Waals surface area contributed by atoms with Crippen molar-refractivity contribution >= 4 is 23.8 Å². The monoisotopic (exact) mass is 327 g/mol. The van der Waals surface area contributed by atoms with E-state index in [-0.39, 0.29) is 19.0 Å². The van der Waals surface area contributed by atoms with Gasteiger partial charge >= 0.3 is 11.9 Å². The average Bonchev–Trinajstić information content (AvgIpc) is 3.12. The molecule has 0 aromatic rings. The van der Waals surface area contributed by atoms with E-state index in [1.54, 1.807) is 4.90 Å². The zero-order valence-electron chi connectivity index (χ0n) is 12.7. The van der Waals surface area contributed by atoms with Crippen LogP contribution >= 0.6 is 0 Å². The first kappa shape index (κ1) is 17.2.